The largest absolute Gasteiger partial charge is 0.485 e. The van der Waals surface area contributed by atoms with Gasteiger partial charge < -0.3 is 19.5 Å². The number of nitrogens with zero attached hydrogens (tertiary/aromatic N) is 1. The summed E-state index contributed by atoms with van der Waals surface area (Å²) >= 11 is 0. The molecule has 3 aromatic carbocycles. The van der Waals surface area contributed by atoms with Crippen LogP contribution < -0.4 is 14.8 Å². The Labute approximate surface area is 216 Å². The SMILES string of the molecule is COC(=O)[C@@H](Cc1ccc(OCc2ccccc2)c(OCc2ccccc2)c1)NC(=O)c1ccncc1. The van der Waals surface area contributed by atoms with Crippen LogP contribution in [0.2, 0.25) is 0 Å². The molecule has 0 aliphatic rings. The van der Waals surface area contributed by atoms with Crippen LogP contribution in [0, 0.1) is 0 Å². The average molecular weight is 497 g/mol. The molecule has 188 valence electrons. The second kappa shape index (κ2) is 12.9. The number of hydrogen-bond donors (Lipinski definition) is 1. The van der Waals surface area contributed by atoms with Crippen LogP contribution in [-0.2, 0) is 29.2 Å². The van der Waals surface area contributed by atoms with Crippen molar-refractivity contribution in [3.63, 3.8) is 0 Å². The Balaban J connectivity index is 1.53. The summed E-state index contributed by atoms with van der Waals surface area (Å²) in [7, 11) is 1.29. The van der Waals surface area contributed by atoms with Crippen LogP contribution in [0.15, 0.2) is 103 Å². The van der Waals surface area contributed by atoms with Crippen molar-refractivity contribution in [1.82, 2.24) is 10.3 Å². The highest BCUT2D eigenvalue weighted by Gasteiger charge is 2.23. The number of ether oxygens (including phenoxy) is 3. The fraction of sp³-hybridized carbons (Fsp3) is 0.167. The maximum absolute atomic E-state index is 12.7. The quantitative estimate of drug-likeness (QED) is 0.302. The lowest BCUT2D eigenvalue weighted by Gasteiger charge is -2.18. The molecule has 7 nitrogen and oxygen atoms in total. The van der Waals surface area contributed by atoms with Crippen molar-refractivity contribution in [3.05, 3.63) is 126 Å². The van der Waals surface area contributed by atoms with Crippen molar-refractivity contribution in [2.75, 3.05) is 7.11 Å². The van der Waals surface area contributed by atoms with Crippen molar-refractivity contribution in [3.8, 4) is 11.5 Å². The van der Waals surface area contributed by atoms with Gasteiger partial charge in [-0.1, -0.05) is 66.7 Å². The van der Waals surface area contributed by atoms with Crippen LogP contribution in [0.5, 0.6) is 11.5 Å². The maximum Gasteiger partial charge on any atom is 0.328 e. The Morgan fingerprint density at radius 3 is 1.95 bits per heavy atom. The molecule has 0 unspecified atom stereocenters. The van der Waals surface area contributed by atoms with Crippen molar-refractivity contribution in [2.45, 2.75) is 25.7 Å². The number of amides is 1. The molecule has 7 heteroatoms. The summed E-state index contributed by atoms with van der Waals surface area (Å²) in [5, 5.41) is 2.76. The Bertz CT molecular complexity index is 1300. The van der Waals surface area contributed by atoms with Gasteiger partial charge in [0.2, 0.25) is 0 Å². The highest BCUT2D eigenvalue weighted by atomic mass is 16.5. The second-order valence-corrected chi connectivity index (χ2v) is 8.32. The van der Waals surface area contributed by atoms with Crippen LogP contribution in [0.25, 0.3) is 0 Å². The van der Waals surface area contributed by atoms with E-state index in [0.717, 1.165) is 16.7 Å². The first kappa shape index (κ1) is 25.4. The second-order valence-electron chi connectivity index (χ2n) is 8.32. The van der Waals surface area contributed by atoms with Crippen molar-refractivity contribution >= 4 is 11.9 Å². The highest BCUT2D eigenvalue weighted by Crippen LogP contribution is 2.30. The van der Waals surface area contributed by atoms with Gasteiger partial charge >= 0.3 is 5.97 Å². The molecule has 1 heterocycles. The summed E-state index contributed by atoms with van der Waals surface area (Å²) in [6.07, 6.45) is 3.25. The van der Waals surface area contributed by atoms with Crippen LogP contribution in [0.3, 0.4) is 0 Å². The molecule has 0 aliphatic heterocycles. The lowest BCUT2D eigenvalue weighted by molar-refractivity contribution is -0.142. The molecule has 0 saturated carbocycles. The molecular weight excluding hydrogens is 468 g/mol. The van der Waals surface area contributed by atoms with E-state index in [9.17, 15) is 9.59 Å². The van der Waals surface area contributed by atoms with Crippen LogP contribution >= 0.6 is 0 Å². The van der Waals surface area contributed by atoms with E-state index in [0.29, 0.717) is 30.3 Å². The van der Waals surface area contributed by atoms with E-state index in [1.165, 1.54) is 19.5 Å². The Kier molecular flexibility index (Phi) is 8.86. The van der Waals surface area contributed by atoms with Gasteiger partial charge in [0.25, 0.3) is 5.91 Å². The summed E-state index contributed by atoms with van der Waals surface area (Å²) in [6.45, 7) is 0.736. The highest BCUT2D eigenvalue weighted by molar-refractivity contribution is 5.96. The summed E-state index contributed by atoms with van der Waals surface area (Å²) in [5.41, 5.74) is 3.23. The van der Waals surface area contributed by atoms with Crippen molar-refractivity contribution in [1.29, 1.82) is 0 Å². The Morgan fingerprint density at radius 1 is 0.757 bits per heavy atom. The van der Waals surface area contributed by atoms with Gasteiger partial charge in [0.15, 0.2) is 11.5 Å². The Hall–Kier alpha value is -4.65. The third-order valence-electron chi connectivity index (χ3n) is 5.66. The number of aromatic nitrogens is 1. The molecule has 0 radical (unpaired) electrons. The van der Waals surface area contributed by atoms with Crippen LogP contribution in [-0.4, -0.2) is 30.0 Å². The number of nitrogens with one attached hydrogen (secondary N) is 1. The van der Waals surface area contributed by atoms with Gasteiger partial charge in [-0.3, -0.25) is 9.78 Å². The first-order valence-electron chi connectivity index (χ1n) is 11.9. The summed E-state index contributed by atoms with van der Waals surface area (Å²) in [4.78, 5) is 29.1. The lowest BCUT2D eigenvalue weighted by Crippen LogP contribution is -2.43. The predicted octanol–water partition coefficient (Wildman–Crippen LogP) is 4.75. The minimum Gasteiger partial charge on any atom is -0.485 e. The standard InChI is InChI=1S/C30H28N2O5/c1-35-30(34)26(32-29(33)25-14-16-31-17-15-25)18-24-12-13-27(36-20-22-8-4-2-5-9-22)28(19-24)37-21-23-10-6-3-7-11-23/h2-17,19,26H,18,20-21H2,1H3,(H,32,33)/t26-/m1/s1. The van der Waals surface area contributed by atoms with E-state index in [1.54, 1.807) is 12.1 Å². The fourth-order valence-electron chi connectivity index (χ4n) is 3.70. The maximum atomic E-state index is 12.7. The molecule has 1 aromatic heterocycles. The molecule has 4 rings (SSSR count). The zero-order valence-electron chi connectivity index (χ0n) is 20.5. The number of carbonyl (C=O) groups excluding carboxylic acids is 2. The number of rotatable bonds is 11. The zero-order valence-corrected chi connectivity index (χ0v) is 20.5. The third kappa shape index (κ3) is 7.41. The van der Waals surface area contributed by atoms with Gasteiger partial charge in [0.1, 0.15) is 19.3 Å². The lowest BCUT2D eigenvalue weighted by atomic mass is 10.0. The molecular formula is C30H28N2O5. The number of pyridine rings is 1. The zero-order chi connectivity index (χ0) is 25.9. The molecule has 0 aliphatic carbocycles. The number of esters is 1. The minimum atomic E-state index is -0.885. The van der Waals surface area contributed by atoms with E-state index >= 15 is 0 Å². The van der Waals surface area contributed by atoms with Crippen molar-refractivity contribution < 1.29 is 23.8 Å². The van der Waals surface area contributed by atoms with Gasteiger partial charge in [-0.15, -0.1) is 0 Å². The van der Waals surface area contributed by atoms with Gasteiger partial charge in [-0.25, -0.2) is 4.79 Å². The molecule has 0 bridgehead atoms. The summed E-state index contributed by atoms with van der Waals surface area (Å²) < 4.78 is 17.2. The summed E-state index contributed by atoms with van der Waals surface area (Å²) in [6, 6.07) is 27.5. The minimum absolute atomic E-state index is 0.212. The first-order valence-corrected chi connectivity index (χ1v) is 11.9. The molecule has 4 aromatic rings. The fourth-order valence-corrected chi connectivity index (χ4v) is 3.70. The van der Waals surface area contributed by atoms with Gasteiger partial charge in [-0.05, 0) is 41.0 Å². The van der Waals surface area contributed by atoms with E-state index < -0.39 is 12.0 Å². The van der Waals surface area contributed by atoms with Gasteiger partial charge in [0.05, 0.1) is 7.11 Å². The van der Waals surface area contributed by atoms with Crippen LogP contribution in [0.1, 0.15) is 27.0 Å². The van der Waals surface area contributed by atoms with Crippen molar-refractivity contribution in [2.24, 2.45) is 0 Å². The molecule has 1 N–H and O–H groups in total. The molecule has 0 fully saturated rings. The topological polar surface area (TPSA) is 86.8 Å². The molecule has 0 saturated heterocycles. The van der Waals surface area contributed by atoms with Gasteiger partial charge in [-0.2, -0.15) is 0 Å². The monoisotopic (exact) mass is 496 g/mol. The van der Waals surface area contributed by atoms with E-state index in [2.05, 4.69) is 10.3 Å². The molecule has 1 atom stereocenters. The molecule has 0 spiro atoms. The number of benzene rings is 3. The number of methoxy groups -OCH3 is 1. The van der Waals surface area contributed by atoms with E-state index in [1.807, 2.05) is 78.9 Å². The van der Waals surface area contributed by atoms with Gasteiger partial charge in [0, 0.05) is 24.4 Å². The molecule has 1 amide bonds. The normalized spacial score (nSPS) is 11.3. The predicted molar refractivity (Wildman–Crippen MR) is 139 cm³/mol. The average Bonchev–Trinajstić information content (AvgIpc) is 2.96. The molecule has 37 heavy (non-hydrogen) atoms. The van der Waals surface area contributed by atoms with Crippen LogP contribution in [0.4, 0.5) is 0 Å². The van der Waals surface area contributed by atoms with E-state index in [-0.39, 0.29) is 12.3 Å². The Morgan fingerprint density at radius 2 is 1.35 bits per heavy atom. The smallest absolute Gasteiger partial charge is 0.328 e. The van der Waals surface area contributed by atoms with E-state index in [4.69, 9.17) is 14.2 Å². The number of carbonyl (C=O) groups is 2. The third-order valence-corrected chi connectivity index (χ3v) is 5.66. The summed E-state index contributed by atoms with van der Waals surface area (Å²) in [5.74, 6) is 0.195. The first-order chi connectivity index (χ1) is 18.1. The number of hydrogen-bond acceptors (Lipinski definition) is 6.